The number of furan rings is 1. The lowest BCUT2D eigenvalue weighted by atomic mass is 10.2. The summed E-state index contributed by atoms with van der Waals surface area (Å²) in [4.78, 5) is 19.1. The molecule has 0 fully saturated rings. The van der Waals surface area contributed by atoms with E-state index in [9.17, 15) is 4.79 Å². The van der Waals surface area contributed by atoms with Gasteiger partial charge in [-0.15, -0.1) is 11.3 Å². The van der Waals surface area contributed by atoms with Crippen LogP contribution in [-0.4, -0.2) is 43.2 Å². The normalized spacial score (nSPS) is 10.7. The van der Waals surface area contributed by atoms with Crippen molar-refractivity contribution in [1.29, 1.82) is 0 Å². The summed E-state index contributed by atoms with van der Waals surface area (Å²) in [7, 11) is 3.24. The Morgan fingerprint density at radius 3 is 2.69 bits per heavy atom. The van der Waals surface area contributed by atoms with Gasteiger partial charge in [0.15, 0.2) is 0 Å². The number of amides is 1. The molecule has 2 aromatic heterocycles. The maximum absolute atomic E-state index is 12.9. The third-order valence-electron chi connectivity index (χ3n) is 3.84. The number of carbonyl (C=O) groups is 1. The first-order valence-electron chi connectivity index (χ1n) is 8.12. The minimum atomic E-state index is -0.144. The van der Waals surface area contributed by atoms with Gasteiger partial charge >= 0.3 is 0 Å². The molecule has 1 amide bonds. The first kappa shape index (κ1) is 18.2. The second-order valence-electron chi connectivity index (χ2n) is 5.57. The number of thiazole rings is 1. The summed E-state index contributed by atoms with van der Waals surface area (Å²) in [5.41, 5.74) is 1.37. The molecule has 0 atom stereocenters. The van der Waals surface area contributed by atoms with Gasteiger partial charge in [0.05, 0.1) is 26.5 Å². The second-order valence-corrected chi connectivity index (χ2v) is 6.42. The molecular weight excluding hydrogens is 352 g/mol. The monoisotopic (exact) mass is 372 g/mol. The van der Waals surface area contributed by atoms with Crippen LogP contribution >= 0.6 is 11.3 Å². The zero-order valence-electron chi connectivity index (χ0n) is 14.7. The molecule has 26 heavy (non-hydrogen) atoms. The predicted molar refractivity (Wildman–Crippen MR) is 99.4 cm³/mol. The lowest BCUT2D eigenvalue weighted by Crippen LogP contribution is -2.33. The molecule has 0 bridgehead atoms. The van der Waals surface area contributed by atoms with Crippen molar-refractivity contribution < 1.29 is 18.7 Å². The summed E-state index contributed by atoms with van der Waals surface area (Å²) < 4.78 is 15.7. The fraction of sp³-hybridized carbons (Fsp3) is 0.263. The average molecular weight is 372 g/mol. The molecule has 3 aromatic rings. The molecule has 0 saturated carbocycles. The smallest absolute Gasteiger partial charge is 0.273 e. The number of carbonyl (C=O) groups excluding carboxylic acids is 1. The third-order valence-corrected chi connectivity index (χ3v) is 4.73. The van der Waals surface area contributed by atoms with Crippen molar-refractivity contribution in [3.05, 3.63) is 59.5 Å². The molecule has 0 spiro atoms. The number of hydrogen-bond acceptors (Lipinski definition) is 6. The van der Waals surface area contributed by atoms with Gasteiger partial charge in [0.25, 0.3) is 5.91 Å². The van der Waals surface area contributed by atoms with Crippen LogP contribution in [0.15, 0.2) is 52.5 Å². The van der Waals surface area contributed by atoms with Crippen molar-refractivity contribution in [2.24, 2.45) is 0 Å². The lowest BCUT2D eigenvalue weighted by Gasteiger charge is -2.20. The number of methoxy groups -OCH3 is 2. The van der Waals surface area contributed by atoms with E-state index in [1.807, 2.05) is 30.3 Å². The Morgan fingerprint density at radius 1 is 1.23 bits per heavy atom. The van der Waals surface area contributed by atoms with Crippen LogP contribution in [0.2, 0.25) is 0 Å². The van der Waals surface area contributed by atoms with Gasteiger partial charge in [-0.3, -0.25) is 4.79 Å². The van der Waals surface area contributed by atoms with E-state index in [0.717, 1.165) is 22.1 Å². The van der Waals surface area contributed by atoms with Crippen LogP contribution in [0, 0.1) is 0 Å². The highest BCUT2D eigenvalue weighted by Gasteiger charge is 2.20. The van der Waals surface area contributed by atoms with Crippen LogP contribution in [0.4, 0.5) is 0 Å². The summed E-state index contributed by atoms with van der Waals surface area (Å²) in [6.07, 6.45) is 1.60. The van der Waals surface area contributed by atoms with Crippen molar-refractivity contribution in [2.45, 2.75) is 6.54 Å². The van der Waals surface area contributed by atoms with E-state index >= 15 is 0 Å². The number of benzene rings is 1. The zero-order valence-corrected chi connectivity index (χ0v) is 15.5. The molecule has 0 saturated heterocycles. The van der Waals surface area contributed by atoms with E-state index in [-0.39, 0.29) is 5.91 Å². The van der Waals surface area contributed by atoms with Gasteiger partial charge < -0.3 is 18.8 Å². The lowest BCUT2D eigenvalue weighted by molar-refractivity contribution is 0.0661. The highest BCUT2D eigenvalue weighted by atomic mass is 32.1. The number of rotatable bonds is 8. The quantitative estimate of drug-likeness (QED) is 0.603. The molecule has 1 aromatic carbocycles. The average Bonchev–Trinajstić information content (AvgIpc) is 3.36. The first-order chi connectivity index (χ1) is 12.7. The number of nitrogens with zero attached hydrogens (tertiary/aromatic N) is 2. The highest BCUT2D eigenvalue weighted by molar-refractivity contribution is 7.13. The number of ether oxygens (including phenoxy) is 2. The topological polar surface area (TPSA) is 64.8 Å². The Bertz CT molecular complexity index is 828. The minimum Gasteiger partial charge on any atom is -0.497 e. The zero-order chi connectivity index (χ0) is 18.4. The summed E-state index contributed by atoms with van der Waals surface area (Å²) in [6.45, 7) is 1.29. The minimum absolute atomic E-state index is 0.144. The molecule has 0 aliphatic rings. The maximum Gasteiger partial charge on any atom is 0.273 e. The molecule has 3 rings (SSSR count). The Balaban J connectivity index is 1.77. The molecule has 0 aliphatic carbocycles. The van der Waals surface area contributed by atoms with Gasteiger partial charge in [0.1, 0.15) is 22.2 Å². The van der Waals surface area contributed by atoms with Crippen molar-refractivity contribution in [2.75, 3.05) is 27.4 Å². The van der Waals surface area contributed by atoms with E-state index in [1.54, 1.807) is 36.8 Å². The molecule has 136 valence electrons. The Hall–Kier alpha value is -2.64. The number of hydrogen-bond donors (Lipinski definition) is 0. The Kier molecular flexibility index (Phi) is 6.04. The van der Waals surface area contributed by atoms with Crippen LogP contribution in [-0.2, 0) is 11.3 Å². The van der Waals surface area contributed by atoms with E-state index < -0.39 is 0 Å². The molecule has 6 nitrogen and oxygen atoms in total. The first-order valence-corrected chi connectivity index (χ1v) is 8.99. The summed E-state index contributed by atoms with van der Waals surface area (Å²) in [5, 5.41) is 2.57. The van der Waals surface area contributed by atoms with Gasteiger partial charge in [0.2, 0.25) is 0 Å². The van der Waals surface area contributed by atoms with Crippen molar-refractivity contribution in [3.8, 4) is 16.3 Å². The van der Waals surface area contributed by atoms with Crippen LogP contribution in [0.1, 0.15) is 16.2 Å². The predicted octanol–water partition coefficient (Wildman–Crippen LogP) is 3.70. The van der Waals surface area contributed by atoms with Gasteiger partial charge in [-0.1, -0.05) is 0 Å². The van der Waals surface area contributed by atoms with Crippen molar-refractivity contribution in [3.63, 3.8) is 0 Å². The van der Waals surface area contributed by atoms with Crippen LogP contribution in [0.5, 0.6) is 5.75 Å². The van der Waals surface area contributed by atoms with Gasteiger partial charge in [-0.2, -0.15) is 0 Å². The largest absolute Gasteiger partial charge is 0.497 e. The molecule has 7 heteroatoms. The molecule has 0 radical (unpaired) electrons. The number of aromatic nitrogens is 1. The van der Waals surface area contributed by atoms with Gasteiger partial charge in [0, 0.05) is 24.6 Å². The molecule has 2 heterocycles. The summed E-state index contributed by atoms with van der Waals surface area (Å²) >= 11 is 1.44. The fourth-order valence-electron chi connectivity index (χ4n) is 2.44. The van der Waals surface area contributed by atoms with Crippen molar-refractivity contribution in [1.82, 2.24) is 9.88 Å². The van der Waals surface area contributed by atoms with Crippen LogP contribution in [0.3, 0.4) is 0 Å². The molecular formula is C19H20N2O4S. The van der Waals surface area contributed by atoms with Crippen molar-refractivity contribution >= 4 is 17.2 Å². The van der Waals surface area contributed by atoms with Crippen LogP contribution < -0.4 is 4.74 Å². The van der Waals surface area contributed by atoms with E-state index in [1.165, 1.54) is 11.3 Å². The van der Waals surface area contributed by atoms with Gasteiger partial charge in [-0.25, -0.2) is 4.98 Å². The second kappa shape index (κ2) is 8.64. The highest BCUT2D eigenvalue weighted by Crippen LogP contribution is 2.26. The molecule has 0 N–H and O–H groups in total. The van der Waals surface area contributed by atoms with Crippen LogP contribution in [0.25, 0.3) is 10.6 Å². The molecule has 0 unspecified atom stereocenters. The van der Waals surface area contributed by atoms with E-state index in [4.69, 9.17) is 13.9 Å². The van der Waals surface area contributed by atoms with Gasteiger partial charge in [-0.05, 0) is 36.4 Å². The third kappa shape index (κ3) is 4.30. The van der Waals surface area contributed by atoms with E-state index in [2.05, 4.69) is 4.98 Å². The Morgan fingerprint density at radius 2 is 2.04 bits per heavy atom. The molecule has 0 aliphatic heterocycles. The van der Waals surface area contributed by atoms with E-state index in [0.29, 0.717) is 25.4 Å². The SMILES string of the molecule is COCCN(Cc1ccco1)C(=O)c1csc(-c2ccc(OC)cc2)n1. The fourth-order valence-corrected chi connectivity index (χ4v) is 3.24. The summed E-state index contributed by atoms with van der Waals surface area (Å²) in [6, 6.07) is 11.3. The maximum atomic E-state index is 12.9. The summed E-state index contributed by atoms with van der Waals surface area (Å²) in [5.74, 6) is 1.36. The standard InChI is InChI=1S/C19H20N2O4S/c1-23-11-9-21(12-16-4-3-10-25-16)19(22)17-13-26-18(20-17)14-5-7-15(24-2)8-6-14/h3-8,10,13H,9,11-12H2,1-2H3. The Labute approximate surface area is 156 Å².